The summed E-state index contributed by atoms with van der Waals surface area (Å²) in [6.07, 6.45) is 0.0722. The summed E-state index contributed by atoms with van der Waals surface area (Å²) >= 11 is 0. The smallest absolute Gasteiger partial charge is 0.396 e. The number of hydrogen-bond donors (Lipinski definition) is 0. The topological polar surface area (TPSA) is 74.5 Å². The Balaban J connectivity index is 2.21. The molecule has 0 saturated heterocycles. The van der Waals surface area contributed by atoms with E-state index in [1.165, 1.54) is 0 Å². The van der Waals surface area contributed by atoms with Crippen molar-refractivity contribution in [1.82, 2.24) is 10.2 Å². The number of benzene rings is 1. The third kappa shape index (κ3) is 3.34. The summed E-state index contributed by atoms with van der Waals surface area (Å²) in [6.45, 7) is 5.85. The molecule has 0 saturated carbocycles. The highest BCUT2D eigenvalue weighted by molar-refractivity contribution is 5.84. The Labute approximate surface area is 116 Å². The van der Waals surface area contributed by atoms with Crippen LogP contribution in [0, 0.1) is 0 Å². The Hall–Kier alpha value is -2.37. The Morgan fingerprint density at radius 1 is 1.35 bits per heavy atom. The van der Waals surface area contributed by atoms with Crippen molar-refractivity contribution in [3.63, 3.8) is 0 Å². The van der Waals surface area contributed by atoms with Crippen LogP contribution in [-0.4, -0.2) is 28.9 Å². The van der Waals surface area contributed by atoms with Crippen molar-refractivity contribution in [3.8, 4) is 17.2 Å². The Morgan fingerprint density at radius 2 is 2.15 bits per heavy atom. The van der Waals surface area contributed by atoms with Gasteiger partial charge in [0.1, 0.15) is 5.75 Å². The molecule has 0 N–H and O–H groups in total. The Morgan fingerprint density at radius 3 is 2.85 bits per heavy atom. The number of nitrogens with zero attached hydrogens (tertiary/aromatic N) is 2. The Bertz CT molecular complexity index is 592. The SMILES string of the molecule is CCOC(=O)c1nnc(-c2cccc(OC(C)C)c2)o1. The van der Waals surface area contributed by atoms with E-state index in [0.29, 0.717) is 11.3 Å². The van der Waals surface area contributed by atoms with E-state index in [0.717, 1.165) is 0 Å². The van der Waals surface area contributed by atoms with Crippen LogP contribution in [0.3, 0.4) is 0 Å². The van der Waals surface area contributed by atoms with E-state index in [-0.39, 0.29) is 24.5 Å². The van der Waals surface area contributed by atoms with E-state index in [4.69, 9.17) is 13.9 Å². The van der Waals surface area contributed by atoms with Crippen molar-refractivity contribution in [1.29, 1.82) is 0 Å². The number of hydrogen-bond acceptors (Lipinski definition) is 6. The molecule has 0 radical (unpaired) electrons. The van der Waals surface area contributed by atoms with Gasteiger partial charge in [-0.15, -0.1) is 10.2 Å². The zero-order chi connectivity index (χ0) is 14.5. The molecule has 1 aromatic carbocycles. The molecule has 6 nitrogen and oxygen atoms in total. The number of rotatable bonds is 5. The molecule has 0 unspecified atom stereocenters. The lowest BCUT2D eigenvalue weighted by Gasteiger charge is -2.09. The molecule has 20 heavy (non-hydrogen) atoms. The molecular weight excluding hydrogens is 260 g/mol. The first-order valence-corrected chi connectivity index (χ1v) is 6.38. The summed E-state index contributed by atoms with van der Waals surface area (Å²) < 4.78 is 15.7. The van der Waals surface area contributed by atoms with Gasteiger partial charge in [0.25, 0.3) is 0 Å². The summed E-state index contributed by atoms with van der Waals surface area (Å²) in [5.41, 5.74) is 0.686. The molecular formula is C14H16N2O4. The zero-order valence-electron chi connectivity index (χ0n) is 11.6. The first-order chi connectivity index (χ1) is 9.60. The van der Waals surface area contributed by atoms with Gasteiger partial charge in [0, 0.05) is 5.56 Å². The largest absolute Gasteiger partial charge is 0.491 e. The maximum atomic E-state index is 11.5. The zero-order valence-corrected chi connectivity index (χ0v) is 11.6. The fraction of sp³-hybridized carbons (Fsp3) is 0.357. The first kappa shape index (κ1) is 14.0. The van der Waals surface area contributed by atoms with E-state index >= 15 is 0 Å². The highest BCUT2D eigenvalue weighted by Crippen LogP contribution is 2.23. The van der Waals surface area contributed by atoms with Gasteiger partial charge in [-0.2, -0.15) is 0 Å². The van der Waals surface area contributed by atoms with E-state index in [1.54, 1.807) is 19.1 Å². The van der Waals surface area contributed by atoms with Crippen LogP contribution in [0.25, 0.3) is 11.5 Å². The van der Waals surface area contributed by atoms with E-state index in [2.05, 4.69) is 10.2 Å². The molecule has 2 aromatic rings. The van der Waals surface area contributed by atoms with Crippen molar-refractivity contribution in [2.24, 2.45) is 0 Å². The van der Waals surface area contributed by atoms with E-state index in [1.807, 2.05) is 26.0 Å². The summed E-state index contributed by atoms with van der Waals surface area (Å²) in [5, 5.41) is 7.51. The van der Waals surface area contributed by atoms with Crippen LogP contribution in [0.1, 0.15) is 31.5 Å². The summed E-state index contributed by atoms with van der Waals surface area (Å²) in [6, 6.07) is 7.24. The van der Waals surface area contributed by atoms with Gasteiger partial charge in [-0.25, -0.2) is 4.79 Å². The van der Waals surface area contributed by atoms with Crippen molar-refractivity contribution in [2.75, 3.05) is 6.61 Å². The van der Waals surface area contributed by atoms with E-state index in [9.17, 15) is 4.79 Å². The van der Waals surface area contributed by atoms with Gasteiger partial charge in [-0.1, -0.05) is 6.07 Å². The minimum Gasteiger partial charge on any atom is -0.491 e. The predicted octanol–water partition coefficient (Wildman–Crippen LogP) is 2.70. The average molecular weight is 276 g/mol. The highest BCUT2D eigenvalue weighted by atomic mass is 16.5. The van der Waals surface area contributed by atoms with Gasteiger partial charge < -0.3 is 13.9 Å². The third-order valence-electron chi connectivity index (χ3n) is 2.33. The maximum absolute atomic E-state index is 11.5. The average Bonchev–Trinajstić information content (AvgIpc) is 2.88. The number of carbonyl (C=O) groups is 1. The van der Waals surface area contributed by atoms with Gasteiger partial charge in [0.05, 0.1) is 12.7 Å². The van der Waals surface area contributed by atoms with Gasteiger partial charge >= 0.3 is 11.9 Å². The van der Waals surface area contributed by atoms with Crippen LogP contribution in [0.2, 0.25) is 0 Å². The van der Waals surface area contributed by atoms with Gasteiger partial charge in [0.2, 0.25) is 5.89 Å². The molecule has 0 atom stereocenters. The number of ether oxygens (including phenoxy) is 2. The lowest BCUT2D eigenvalue weighted by Crippen LogP contribution is -2.05. The molecule has 6 heteroatoms. The molecule has 0 aliphatic carbocycles. The lowest BCUT2D eigenvalue weighted by atomic mass is 10.2. The van der Waals surface area contributed by atoms with Crippen molar-refractivity contribution in [3.05, 3.63) is 30.2 Å². The molecule has 1 heterocycles. The number of aromatic nitrogens is 2. The normalized spacial score (nSPS) is 10.6. The standard InChI is InChI=1S/C14H16N2O4/c1-4-18-14(17)13-16-15-12(20-13)10-6-5-7-11(8-10)19-9(2)3/h5-9H,4H2,1-3H3. The molecule has 106 valence electrons. The molecule has 0 bridgehead atoms. The molecule has 2 rings (SSSR count). The van der Waals surface area contributed by atoms with Crippen LogP contribution in [-0.2, 0) is 4.74 Å². The molecule has 0 spiro atoms. The molecule has 0 amide bonds. The third-order valence-corrected chi connectivity index (χ3v) is 2.33. The molecule has 0 aliphatic rings. The Kier molecular flexibility index (Phi) is 4.34. The van der Waals surface area contributed by atoms with Gasteiger partial charge in [-0.3, -0.25) is 0 Å². The highest BCUT2D eigenvalue weighted by Gasteiger charge is 2.17. The second-order valence-corrected chi connectivity index (χ2v) is 4.33. The summed E-state index contributed by atoms with van der Waals surface area (Å²) in [7, 11) is 0. The van der Waals surface area contributed by atoms with Gasteiger partial charge in [0.15, 0.2) is 0 Å². The van der Waals surface area contributed by atoms with Crippen molar-refractivity contribution in [2.45, 2.75) is 26.9 Å². The molecule has 0 aliphatic heterocycles. The summed E-state index contributed by atoms with van der Waals surface area (Å²) in [5.74, 6) is 0.175. The summed E-state index contributed by atoms with van der Waals surface area (Å²) in [4.78, 5) is 11.5. The van der Waals surface area contributed by atoms with Crippen molar-refractivity contribution < 1.29 is 18.7 Å². The quantitative estimate of drug-likeness (QED) is 0.782. The molecule has 1 aromatic heterocycles. The van der Waals surface area contributed by atoms with E-state index < -0.39 is 5.97 Å². The van der Waals surface area contributed by atoms with Crippen molar-refractivity contribution >= 4 is 5.97 Å². The van der Waals surface area contributed by atoms with Crippen LogP contribution in [0.5, 0.6) is 5.75 Å². The van der Waals surface area contributed by atoms with Crippen LogP contribution in [0.4, 0.5) is 0 Å². The van der Waals surface area contributed by atoms with Crippen LogP contribution < -0.4 is 4.74 Å². The van der Waals surface area contributed by atoms with Crippen LogP contribution >= 0.6 is 0 Å². The fourth-order valence-electron chi connectivity index (χ4n) is 1.59. The second kappa shape index (κ2) is 6.18. The lowest BCUT2D eigenvalue weighted by molar-refractivity contribution is 0.0481. The second-order valence-electron chi connectivity index (χ2n) is 4.33. The number of carbonyl (C=O) groups excluding carboxylic acids is 1. The minimum absolute atomic E-state index is 0.0722. The first-order valence-electron chi connectivity index (χ1n) is 6.38. The minimum atomic E-state index is -0.624. The monoisotopic (exact) mass is 276 g/mol. The fourth-order valence-corrected chi connectivity index (χ4v) is 1.59. The maximum Gasteiger partial charge on any atom is 0.396 e. The predicted molar refractivity (Wildman–Crippen MR) is 71.5 cm³/mol. The molecule has 0 fully saturated rings. The number of esters is 1. The van der Waals surface area contributed by atoms with Gasteiger partial charge in [-0.05, 0) is 39.0 Å². The van der Waals surface area contributed by atoms with Crippen LogP contribution in [0.15, 0.2) is 28.7 Å².